The summed E-state index contributed by atoms with van der Waals surface area (Å²) in [6.45, 7) is 10.4. The molecule has 1 aliphatic heterocycles. The van der Waals surface area contributed by atoms with Gasteiger partial charge in [0.2, 0.25) is 0 Å². The molecule has 1 saturated heterocycles. The summed E-state index contributed by atoms with van der Waals surface area (Å²) < 4.78 is 5.84. The van der Waals surface area contributed by atoms with Crippen LogP contribution in [0, 0.1) is 11.3 Å². The van der Waals surface area contributed by atoms with Gasteiger partial charge in [0, 0.05) is 11.0 Å². The van der Waals surface area contributed by atoms with Crippen molar-refractivity contribution in [2.24, 2.45) is 11.3 Å². The van der Waals surface area contributed by atoms with Crippen molar-refractivity contribution in [1.82, 2.24) is 0 Å². The van der Waals surface area contributed by atoms with Crippen LogP contribution in [0.25, 0.3) is 0 Å². The van der Waals surface area contributed by atoms with Gasteiger partial charge in [-0.1, -0.05) is 20.1 Å². The van der Waals surface area contributed by atoms with E-state index in [1.807, 2.05) is 0 Å². The number of rotatable bonds is 0. The Morgan fingerprint density at radius 1 is 1.35 bits per heavy atom. The minimum absolute atomic E-state index is 0.106. The van der Waals surface area contributed by atoms with E-state index in [-0.39, 0.29) is 17.0 Å². The molecule has 2 nitrogen and oxygen atoms in total. The van der Waals surface area contributed by atoms with E-state index in [0.717, 1.165) is 37.7 Å². The van der Waals surface area contributed by atoms with Crippen LogP contribution in [-0.4, -0.2) is 11.6 Å². The summed E-state index contributed by atoms with van der Waals surface area (Å²) in [5, 5.41) is 0. The Labute approximate surface area is 103 Å². The fraction of sp³-hybridized carbons (Fsp3) is 0.667. The number of carbonyl (C=O) groups is 1. The average molecular weight is 232 g/mol. The first-order valence-electron chi connectivity index (χ1n) is 6.59. The molecule has 2 bridgehead atoms. The van der Waals surface area contributed by atoms with Crippen LogP contribution in [0.4, 0.5) is 0 Å². The molecule has 92 valence electrons. The Kier molecular flexibility index (Phi) is 2.11. The third-order valence-corrected chi connectivity index (χ3v) is 5.35. The highest BCUT2D eigenvalue weighted by Gasteiger charge is 2.60. The Morgan fingerprint density at radius 3 is 2.88 bits per heavy atom. The lowest BCUT2D eigenvalue weighted by molar-refractivity contribution is -0.189. The fourth-order valence-corrected chi connectivity index (χ4v) is 4.11. The summed E-state index contributed by atoms with van der Waals surface area (Å²) in [7, 11) is 0. The zero-order valence-corrected chi connectivity index (χ0v) is 10.6. The van der Waals surface area contributed by atoms with Crippen LogP contribution in [0.2, 0.25) is 0 Å². The molecular weight excluding hydrogens is 212 g/mol. The smallest absolute Gasteiger partial charge is 0.334 e. The summed E-state index contributed by atoms with van der Waals surface area (Å²) in [6, 6.07) is 0. The molecule has 0 amide bonds. The Hall–Kier alpha value is -1.05. The summed E-state index contributed by atoms with van der Waals surface area (Å²) in [5.41, 5.74) is 1.54. The molecule has 3 rings (SSSR count). The van der Waals surface area contributed by atoms with E-state index in [4.69, 9.17) is 4.74 Å². The molecule has 3 fully saturated rings. The highest BCUT2D eigenvalue weighted by Crippen LogP contribution is 2.61. The Bertz CT molecular complexity index is 423. The minimum Gasteiger partial charge on any atom is -0.451 e. The molecule has 0 N–H and O–H groups in total. The predicted octanol–water partition coefficient (Wildman–Crippen LogP) is 3.38. The number of ether oxygens (including phenoxy) is 1. The highest BCUT2D eigenvalue weighted by atomic mass is 16.6. The summed E-state index contributed by atoms with van der Waals surface area (Å²) >= 11 is 0. The van der Waals surface area contributed by atoms with E-state index in [1.165, 1.54) is 6.42 Å². The predicted molar refractivity (Wildman–Crippen MR) is 66.4 cm³/mol. The van der Waals surface area contributed by atoms with Gasteiger partial charge in [0.1, 0.15) is 5.60 Å². The van der Waals surface area contributed by atoms with Crippen LogP contribution in [0.3, 0.4) is 0 Å². The molecule has 1 heterocycles. The van der Waals surface area contributed by atoms with E-state index < -0.39 is 0 Å². The number of esters is 1. The lowest BCUT2D eigenvalue weighted by atomic mass is 9.52. The van der Waals surface area contributed by atoms with Gasteiger partial charge in [-0.2, -0.15) is 0 Å². The molecule has 0 radical (unpaired) electrons. The van der Waals surface area contributed by atoms with Gasteiger partial charge in [0.15, 0.2) is 0 Å². The fourth-order valence-electron chi connectivity index (χ4n) is 4.11. The standard InChI is InChI=1S/C15H20O2/c1-10-5-4-7-14(3)8-6-12-9-15(10,14)17-13(16)11(12)2/h12H,1-2,4-9H2,3H3/t12?,14-,15+/m1/s1. The van der Waals surface area contributed by atoms with Gasteiger partial charge in [-0.05, 0) is 50.0 Å². The molecule has 3 aliphatic rings. The molecule has 0 aromatic carbocycles. The molecule has 2 aliphatic carbocycles. The minimum atomic E-state index is -0.382. The monoisotopic (exact) mass is 232 g/mol. The van der Waals surface area contributed by atoms with Crippen molar-refractivity contribution in [3.63, 3.8) is 0 Å². The lowest BCUT2D eigenvalue weighted by Crippen LogP contribution is -2.60. The van der Waals surface area contributed by atoms with E-state index in [0.29, 0.717) is 11.5 Å². The topological polar surface area (TPSA) is 26.3 Å². The third kappa shape index (κ3) is 1.24. The molecule has 0 aromatic heterocycles. The third-order valence-electron chi connectivity index (χ3n) is 5.35. The van der Waals surface area contributed by atoms with Crippen molar-refractivity contribution in [3.05, 3.63) is 24.3 Å². The van der Waals surface area contributed by atoms with Crippen molar-refractivity contribution in [3.8, 4) is 0 Å². The zero-order valence-electron chi connectivity index (χ0n) is 10.6. The second-order valence-corrected chi connectivity index (χ2v) is 6.20. The number of carbonyl (C=O) groups excluding carboxylic acids is 1. The van der Waals surface area contributed by atoms with E-state index in [1.54, 1.807) is 0 Å². The van der Waals surface area contributed by atoms with Gasteiger partial charge in [0.25, 0.3) is 0 Å². The number of fused-ring (bicyclic) bond motifs is 1. The molecule has 2 heteroatoms. The molecule has 17 heavy (non-hydrogen) atoms. The maximum Gasteiger partial charge on any atom is 0.334 e. The van der Waals surface area contributed by atoms with E-state index >= 15 is 0 Å². The average Bonchev–Trinajstić information content (AvgIpc) is 2.29. The quantitative estimate of drug-likeness (QED) is 0.363. The van der Waals surface area contributed by atoms with Crippen LogP contribution < -0.4 is 0 Å². The number of hydrogen-bond donors (Lipinski definition) is 0. The van der Waals surface area contributed by atoms with Crippen LogP contribution in [0.15, 0.2) is 24.3 Å². The summed E-state index contributed by atoms with van der Waals surface area (Å²) in [5.74, 6) is 0.134. The van der Waals surface area contributed by atoms with Gasteiger partial charge < -0.3 is 4.74 Å². The van der Waals surface area contributed by atoms with E-state index in [9.17, 15) is 4.79 Å². The van der Waals surface area contributed by atoms with Crippen molar-refractivity contribution in [2.45, 2.75) is 51.0 Å². The first-order valence-corrected chi connectivity index (χ1v) is 6.59. The van der Waals surface area contributed by atoms with Crippen LogP contribution in [0.1, 0.15) is 45.4 Å². The molecule has 1 spiro atoms. The molecule has 1 unspecified atom stereocenters. The summed E-state index contributed by atoms with van der Waals surface area (Å²) in [6.07, 6.45) is 6.47. The Balaban J connectivity index is 2.08. The van der Waals surface area contributed by atoms with Crippen molar-refractivity contribution >= 4 is 5.97 Å². The molecular formula is C15H20O2. The Morgan fingerprint density at radius 2 is 2.12 bits per heavy atom. The van der Waals surface area contributed by atoms with Gasteiger partial charge in [-0.3, -0.25) is 0 Å². The zero-order chi connectivity index (χ0) is 12.3. The van der Waals surface area contributed by atoms with Gasteiger partial charge in [-0.25, -0.2) is 4.79 Å². The van der Waals surface area contributed by atoms with Crippen molar-refractivity contribution in [1.29, 1.82) is 0 Å². The highest BCUT2D eigenvalue weighted by molar-refractivity contribution is 5.90. The van der Waals surface area contributed by atoms with E-state index in [2.05, 4.69) is 20.1 Å². The largest absolute Gasteiger partial charge is 0.451 e. The molecule has 2 saturated carbocycles. The molecule has 0 aromatic rings. The second-order valence-electron chi connectivity index (χ2n) is 6.20. The SMILES string of the molecule is C=C1C(=O)O[C@]23CC1CC[C@@]2(C)CCCC3=C. The lowest BCUT2D eigenvalue weighted by Gasteiger charge is -2.59. The van der Waals surface area contributed by atoms with Gasteiger partial charge in [-0.15, -0.1) is 0 Å². The van der Waals surface area contributed by atoms with Gasteiger partial charge >= 0.3 is 5.97 Å². The van der Waals surface area contributed by atoms with Crippen molar-refractivity contribution < 1.29 is 9.53 Å². The molecule has 3 atom stereocenters. The normalized spacial score (nSPS) is 45.2. The van der Waals surface area contributed by atoms with Crippen molar-refractivity contribution in [2.75, 3.05) is 0 Å². The first-order chi connectivity index (χ1) is 7.98. The first kappa shape index (κ1) is 11.1. The van der Waals surface area contributed by atoms with Crippen LogP contribution in [0.5, 0.6) is 0 Å². The summed E-state index contributed by atoms with van der Waals surface area (Å²) in [4.78, 5) is 12.0. The maximum absolute atomic E-state index is 12.0. The van der Waals surface area contributed by atoms with Crippen LogP contribution >= 0.6 is 0 Å². The van der Waals surface area contributed by atoms with Crippen LogP contribution in [-0.2, 0) is 9.53 Å². The second kappa shape index (κ2) is 3.24. The number of hydrogen-bond acceptors (Lipinski definition) is 2. The maximum atomic E-state index is 12.0. The van der Waals surface area contributed by atoms with Gasteiger partial charge in [0.05, 0.1) is 0 Å².